The zero-order chi connectivity index (χ0) is 16.8. The number of carboxylic acids is 1. The lowest BCUT2D eigenvalue weighted by molar-refractivity contribution is -0.142. The quantitative estimate of drug-likeness (QED) is 0.803. The Hall–Kier alpha value is -2.95. The van der Waals surface area contributed by atoms with E-state index in [1.54, 1.807) is 48.5 Å². The summed E-state index contributed by atoms with van der Waals surface area (Å²) >= 11 is 0. The van der Waals surface area contributed by atoms with E-state index in [2.05, 4.69) is 5.32 Å². The first-order chi connectivity index (χ1) is 11.0. The first-order valence-corrected chi connectivity index (χ1v) is 7.20. The maximum atomic E-state index is 12.5. The second-order valence-electron chi connectivity index (χ2n) is 5.23. The summed E-state index contributed by atoms with van der Waals surface area (Å²) < 4.78 is 0. The van der Waals surface area contributed by atoms with E-state index in [9.17, 15) is 14.4 Å². The largest absolute Gasteiger partial charge is 0.481 e. The molecular weight excluding hydrogens is 294 g/mol. The highest BCUT2D eigenvalue weighted by molar-refractivity contribution is 6.13. The molecule has 0 saturated carbocycles. The lowest BCUT2D eigenvalue weighted by atomic mass is 10.0. The number of carbonyl (C=O) groups excluding carboxylic acids is 2. The van der Waals surface area contributed by atoms with Crippen LogP contribution in [0.25, 0.3) is 0 Å². The zero-order valence-corrected chi connectivity index (χ0v) is 12.7. The van der Waals surface area contributed by atoms with Gasteiger partial charge in [0.2, 0.25) is 5.91 Å². The molecule has 0 bridgehead atoms. The topological polar surface area (TPSA) is 83.5 Å². The van der Waals surface area contributed by atoms with Crippen molar-refractivity contribution in [3.8, 4) is 0 Å². The Morgan fingerprint density at radius 3 is 2.26 bits per heavy atom. The van der Waals surface area contributed by atoms with Crippen LogP contribution in [0.1, 0.15) is 29.3 Å². The standard InChI is InChI=1S/C18H17NO4/c1-12(18(22)23)11-16(20)19-15-10-6-5-9-14(15)17(21)13-7-3-2-4-8-13/h2-10,12H,11H2,1H3,(H,19,20)(H,22,23). The normalized spacial score (nSPS) is 11.5. The molecule has 5 heteroatoms. The van der Waals surface area contributed by atoms with Crippen LogP contribution in [-0.2, 0) is 9.59 Å². The summed E-state index contributed by atoms with van der Waals surface area (Å²) in [6, 6.07) is 15.4. The van der Waals surface area contributed by atoms with Gasteiger partial charge in [-0.05, 0) is 12.1 Å². The van der Waals surface area contributed by atoms with Gasteiger partial charge >= 0.3 is 5.97 Å². The second-order valence-corrected chi connectivity index (χ2v) is 5.23. The van der Waals surface area contributed by atoms with Crippen LogP contribution >= 0.6 is 0 Å². The fourth-order valence-electron chi connectivity index (χ4n) is 2.10. The van der Waals surface area contributed by atoms with Crippen LogP contribution in [-0.4, -0.2) is 22.8 Å². The molecule has 0 spiro atoms. The van der Waals surface area contributed by atoms with Crippen molar-refractivity contribution in [2.24, 2.45) is 5.92 Å². The van der Waals surface area contributed by atoms with Gasteiger partial charge in [0.05, 0.1) is 11.6 Å². The number of hydrogen-bond donors (Lipinski definition) is 2. The van der Waals surface area contributed by atoms with E-state index >= 15 is 0 Å². The molecular formula is C18H17NO4. The number of amides is 1. The van der Waals surface area contributed by atoms with Gasteiger partial charge in [-0.25, -0.2) is 0 Å². The van der Waals surface area contributed by atoms with Gasteiger partial charge < -0.3 is 10.4 Å². The van der Waals surface area contributed by atoms with E-state index in [-0.39, 0.29) is 12.2 Å². The van der Waals surface area contributed by atoms with Crippen LogP contribution in [0.4, 0.5) is 5.69 Å². The maximum absolute atomic E-state index is 12.5. The molecule has 0 aliphatic heterocycles. The monoisotopic (exact) mass is 311 g/mol. The van der Waals surface area contributed by atoms with Crippen molar-refractivity contribution in [2.75, 3.05) is 5.32 Å². The van der Waals surface area contributed by atoms with Gasteiger partial charge in [0.1, 0.15) is 0 Å². The first-order valence-electron chi connectivity index (χ1n) is 7.20. The van der Waals surface area contributed by atoms with E-state index in [1.165, 1.54) is 6.92 Å². The average Bonchev–Trinajstić information content (AvgIpc) is 2.55. The Morgan fingerprint density at radius 1 is 1.00 bits per heavy atom. The number of anilines is 1. The van der Waals surface area contributed by atoms with Crippen LogP contribution < -0.4 is 5.32 Å². The SMILES string of the molecule is CC(CC(=O)Nc1ccccc1C(=O)c1ccccc1)C(=O)O. The van der Waals surface area contributed by atoms with Crippen molar-refractivity contribution in [2.45, 2.75) is 13.3 Å². The number of carbonyl (C=O) groups is 3. The smallest absolute Gasteiger partial charge is 0.306 e. The van der Waals surface area contributed by atoms with Gasteiger partial charge in [0.25, 0.3) is 0 Å². The van der Waals surface area contributed by atoms with E-state index in [4.69, 9.17) is 5.11 Å². The summed E-state index contributed by atoms with van der Waals surface area (Å²) in [4.78, 5) is 35.3. The summed E-state index contributed by atoms with van der Waals surface area (Å²) in [6.07, 6.45) is -0.150. The molecule has 1 unspecified atom stereocenters. The van der Waals surface area contributed by atoms with Crippen molar-refractivity contribution in [3.05, 3.63) is 65.7 Å². The van der Waals surface area contributed by atoms with Gasteiger partial charge in [-0.1, -0.05) is 49.4 Å². The lowest BCUT2D eigenvalue weighted by Crippen LogP contribution is -2.21. The Balaban J connectivity index is 2.20. The predicted molar refractivity (Wildman–Crippen MR) is 86.4 cm³/mol. The summed E-state index contributed by atoms with van der Waals surface area (Å²) in [5, 5.41) is 11.5. The molecule has 1 atom stereocenters. The molecule has 0 aromatic heterocycles. The molecule has 23 heavy (non-hydrogen) atoms. The van der Waals surface area contributed by atoms with E-state index in [0.29, 0.717) is 16.8 Å². The van der Waals surface area contributed by atoms with Crippen LogP contribution in [0, 0.1) is 5.92 Å². The highest BCUT2D eigenvalue weighted by atomic mass is 16.4. The van der Waals surface area contributed by atoms with Crippen molar-refractivity contribution < 1.29 is 19.5 Å². The van der Waals surface area contributed by atoms with E-state index in [0.717, 1.165) is 0 Å². The average molecular weight is 311 g/mol. The zero-order valence-electron chi connectivity index (χ0n) is 12.7. The number of rotatable bonds is 6. The molecule has 2 N–H and O–H groups in total. The molecule has 2 rings (SSSR count). The molecule has 0 fully saturated rings. The maximum Gasteiger partial charge on any atom is 0.306 e. The minimum atomic E-state index is -1.03. The Morgan fingerprint density at radius 2 is 1.61 bits per heavy atom. The number of hydrogen-bond acceptors (Lipinski definition) is 3. The van der Waals surface area contributed by atoms with Gasteiger partial charge in [0, 0.05) is 17.5 Å². The Labute approximate surface area is 134 Å². The van der Waals surface area contributed by atoms with Crippen LogP contribution in [0.3, 0.4) is 0 Å². The highest BCUT2D eigenvalue weighted by Crippen LogP contribution is 2.20. The fourth-order valence-corrected chi connectivity index (χ4v) is 2.10. The molecule has 0 aliphatic carbocycles. The van der Waals surface area contributed by atoms with Crippen LogP contribution in [0.5, 0.6) is 0 Å². The lowest BCUT2D eigenvalue weighted by Gasteiger charge is -2.11. The minimum Gasteiger partial charge on any atom is -0.481 e. The van der Waals surface area contributed by atoms with Gasteiger partial charge in [-0.15, -0.1) is 0 Å². The first kappa shape index (κ1) is 16.4. The third-order valence-electron chi connectivity index (χ3n) is 3.39. The highest BCUT2D eigenvalue weighted by Gasteiger charge is 2.18. The number of para-hydroxylation sites is 1. The van der Waals surface area contributed by atoms with Crippen molar-refractivity contribution in [1.29, 1.82) is 0 Å². The second kappa shape index (κ2) is 7.35. The number of aliphatic carboxylic acids is 1. The molecule has 5 nitrogen and oxygen atoms in total. The van der Waals surface area contributed by atoms with Crippen molar-refractivity contribution in [1.82, 2.24) is 0 Å². The van der Waals surface area contributed by atoms with Crippen LogP contribution in [0.15, 0.2) is 54.6 Å². The molecule has 0 heterocycles. The third kappa shape index (κ3) is 4.26. The number of nitrogens with one attached hydrogen (secondary N) is 1. The molecule has 0 aliphatic rings. The van der Waals surface area contributed by atoms with E-state index in [1.807, 2.05) is 6.07 Å². The molecule has 2 aromatic rings. The van der Waals surface area contributed by atoms with Gasteiger partial charge in [0.15, 0.2) is 5.78 Å². The van der Waals surface area contributed by atoms with E-state index < -0.39 is 17.8 Å². The van der Waals surface area contributed by atoms with Crippen molar-refractivity contribution in [3.63, 3.8) is 0 Å². The number of carboxylic acid groups (broad SMARTS) is 1. The molecule has 1 amide bonds. The number of benzene rings is 2. The fraction of sp³-hybridized carbons (Fsp3) is 0.167. The summed E-state index contributed by atoms with van der Waals surface area (Å²) in [6.45, 7) is 1.46. The molecule has 0 radical (unpaired) electrons. The minimum absolute atomic E-state index is 0.150. The Kier molecular flexibility index (Phi) is 5.25. The van der Waals surface area contributed by atoms with Crippen molar-refractivity contribution >= 4 is 23.3 Å². The Bertz CT molecular complexity index is 725. The van der Waals surface area contributed by atoms with Gasteiger partial charge in [-0.3, -0.25) is 14.4 Å². The summed E-state index contributed by atoms with van der Waals surface area (Å²) in [5.74, 6) is -2.46. The summed E-state index contributed by atoms with van der Waals surface area (Å²) in [5.41, 5.74) is 1.27. The number of ketones is 1. The van der Waals surface area contributed by atoms with Gasteiger partial charge in [-0.2, -0.15) is 0 Å². The molecule has 0 saturated heterocycles. The van der Waals surface area contributed by atoms with Crippen LogP contribution in [0.2, 0.25) is 0 Å². The predicted octanol–water partition coefficient (Wildman–Crippen LogP) is 2.97. The molecule has 2 aromatic carbocycles. The molecule has 118 valence electrons. The third-order valence-corrected chi connectivity index (χ3v) is 3.39. The summed E-state index contributed by atoms with van der Waals surface area (Å²) in [7, 11) is 0.